The summed E-state index contributed by atoms with van der Waals surface area (Å²) in [6.07, 6.45) is 1.68. The van der Waals surface area contributed by atoms with Crippen molar-refractivity contribution in [3.05, 3.63) is 23.6 Å². The first-order valence-corrected chi connectivity index (χ1v) is 6.00. The molecule has 4 N–H and O–H groups in total. The lowest BCUT2D eigenvalue weighted by atomic mass is 10.2. The van der Waals surface area contributed by atoms with E-state index in [1.165, 1.54) is 0 Å². The molecule has 1 heterocycles. The molecule has 104 valence electrons. The molecule has 0 spiro atoms. The Kier molecular flexibility index (Phi) is 5.72. The van der Waals surface area contributed by atoms with E-state index < -0.39 is 17.6 Å². The van der Waals surface area contributed by atoms with E-state index in [0.717, 1.165) is 12.3 Å². The number of anilines is 1. The summed E-state index contributed by atoms with van der Waals surface area (Å²) in [5.41, 5.74) is 5.12. The molecule has 0 aliphatic rings. The van der Waals surface area contributed by atoms with Crippen LogP contribution >= 0.6 is 0 Å². The van der Waals surface area contributed by atoms with Crippen LogP contribution in [0.25, 0.3) is 0 Å². The van der Waals surface area contributed by atoms with Gasteiger partial charge in [-0.25, -0.2) is 9.37 Å². The van der Waals surface area contributed by atoms with Gasteiger partial charge in [0.25, 0.3) is 5.91 Å². The van der Waals surface area contributed by atoms with Crippen LogP contribution in [0.2, 0.25) is 0 Å². The van der Waals surface area contributed by atoms with E-state index in [-0.39, 0.29) is 12.0 Å². The zero-order valence-electron chi connectivity index (χ0n) is 10.7. The minimum absolute atomic E-state index is 0.140. The van der Waals surface area contributed by atoms with Gasteiger partial charge in [0.15, 0.2) is 0 Å². The molecular formula is C12H17FN4O2. The highest BCUT2D eigenvalue weighted by Crippen LogP contribution is 2.13. The number of halogens is 1. The molecule has 0 unspecified atom stereocenters. The zero-order chi connectivity index (χ0) is 14.3. The Labute approximate surface area is 110 Å². The van der Waals surface area contributed by atoms with Gasteiger partial charge in [-0.3, -0.25) is 9.59 Å². The van der Waals surface area contributed by atoms with Crippen LogP contribution in [-0.4, -0.2) is 29.9 Å². The van der Waals surface area contributed by atoms with Gasteiger partial charge in [0.1, 0.15) is 11.6 Å². The Morgan fingerprint density at radius 3 is 2.84 bits per heavy atom. The highest BCUT2D eigenvalue weighted by atomic mass is 19.1. The number of hydrogen-bond acceptors (Lipinski definition) is 4. The van der Waals surface area contributed by atoms with Gasteiger partial charge in [0, 0.05) is 19.5 Å². The van der Waals surface area contributed by atoms with E-state index in [0.29, 0.717) is 25.3 Å². The highest BCUT2D eigenvalue weighted by Gasteiger charge is 2.13. The predicted molar refractivity (Wildman–Crippen MR) is 69.1 cm³/mol. The summed E-state index contributed by atoms with van der Waals surface area (Å²) in [6.45, 7) is 2.71. The number of carbonyl (C=O) groups is 2. The van der Waals surface area contributed by atoms with Crippen molar-refractivity contribution in [3.63, 3.8) is 0 Å². The largest absolute Gasteiger partial charge is 0.370 e. The lowest BCUT2D eigenvalue weighted by Gasteiger charge is -2.10. The molecule has 0 bridgehead atoms. The maximum atomic E-state index is 13.1. The minimum Gasteiger partial charge on any atom is -0.370 e. The van der Waals surface area contributed by atoms with Crippen molar-refractivity contribution in [2.45, 2.75) is 19.8 Å². The smallest absolute Gasteiger partial charge is 0.255 e. The van der Waals surface area contributed by atoms with Gasteiger partial charge in [-0.05, 0) is 19.4 Å². The van der Waals surface area contributed by atoms with Gasteiger partial charge in [-0.15, -0.1) is 0 Å². The fourth-order valence-corrected chi connectivity index (χ4v) is 1.48. The van der Waals surface area contributed by atoms with Gasteiger partial charge >= 0.3 is 0 Å². The topological polar surface area (TPSA) is 97.1 Å². The van der Waals surface area contributed by atoms with Crippen molar-refractivity contribution in [1.29, 1.82) is 0 Å². The first kappa shape index (κ1) is 14.9. The Balaban J connectivity index is 2.64. The Bertz CT molecular complexity index is 465. The SMILES string of the molecule is CCNc1ncc(F)cc1C(=O)NCCCC(N)=O. The third kappa shape index (κ3) is 4.90. The summed E-state index contributed by atoms with van der Waals surface area (Å²) in [4.78, 5) is 26.2. The number of aromatic nitrogens is 1. The lowest BCUT2D eigenvalue weighted by Crippen LogP contribution is -2.27. The number of carbonyl (C=O) groups excluding carboxylic acids is 2. The number of amides is 2. The molecule has 0 fully saturated rings. The number of primary amides is 1. The van der Waals surface area contributed by atoms with E-state index >= 15 is 0 Å². The quantitative estimate of drug-likeness (QED) is 0.632. The highest BCUT2D eigenvalue weighted by molar-refractivity contribution is 5.98. The maximum Gasteiger partial charge on any atom is 0.255 e. The van der Waals surface area contributed by atoms with Crippen molar-refractivity contribution in [2.24, 2.45) is 5.73 Å². The molecule has 0 aromatic carbocycles. The molecule has 1 aromatic heterocycles. The number of nitrogens with two attached hydrogens (primary N) is 1. The predicted octanol–water partition coefficient (Wildman–Crippen LogP) is 0.648. The second-order valence-corrected chi connectivity index (χ2v) is 3.91. The Morgan fingerprint density at radius 1 is 1.47 bits per heavy atom. The lowest BCUT2D eigenvalue weighted by molar-refractivity contribution is -0.118. The standard InChI is InChI=1S/C12H17FN4O2/c1-2-15-11-9(6-8(13)7-17-11)12(19)16-5-3-4-10(14)18/h6-7H,2-5H2,1H3,(H2,14,18)(H,15,17)(H,16,19). The molecular weight excluding hydrogens is 251 g/mol. The fourth-order valence-electron chi connectivity index (χ4n) is 1.48. The Hall–Kier alpha value is -2.18. The maximum absolute atomic E-state index is 13.1. The molecule has 6 nitrogen and oxygen atoms in total. The van der Waals surface area contributed by atoms with Crippen LogP contribution in [-0.2, 0) is 4.79 Å². The number of rotatable bonds is 7. The molecule has 0 atom stereocenters. The van der Waals surface area contributed by atoms with Gasteiger partial charge in [0.05, 0.1) is 11.8 Å². The molecule has 0 aliphatic carbocycles. The van der Waals surface area contributed by atoms with E-state index in [1.807, 2.05) is 6.92 Å². The minimum atomic E-state index is -0.580. The summed E-state index contributed by atoms with van der Waals surface area (Å²) < 4.78 is 13.1. The average molecular weight is 268 g/mol. The Morgan fingerprint density at radius 2 is 2.21 bits per heavy atom. The number of nitrogens with zero attached hydrogens (tertiary/aromatic N) is 1. The molecule has 0 aliphatic heterocycles. The third-order valence-electron chi connectivity index (χ3n) is 2.33. The van der Waals surface area contributed by atoms with E-state index in [9.17, 15) is 14.0 Å². The summed E-state index contributed by atoms with van der Waals surface area (Å²) in [6, 6.07) is 1.12. The van der Waals surface area contributed by atoms with Crippen molar-refractivity contribution in [1.82, 2.24) is 10.3 Å². The summed E-state index contributed by atoms with van der Waals surface area (Å²) in [5.74, 6) is -1.11. The van der Waals surface area contributed by atoms with Crippen molar-refractivity contribution >= 4 is 17.6 Å². The van der Waals surface area contributed by atoms with E-state index in [1.54, 1.807) is 0 Å². The number of nitrogens with one attached hydrogen (secondary N) is 2. The van der Waals surface area contributed by atoms with Gasteiger partial charge < -0.3 is 16.4 Å². The zero-order valence-corrected chi connectivity index (χ0v) is 10.7. The second-order valence-electron chi connectivity index (χ2n) is 3.91. The second kappa shape index (κ2) is 7.30. The molecule has 2 amide bonds. The van der Waals surface area contributed by atoms with Crippen LogP contribution in [0.5, 0.6) is 0 Å². The molecule has 0 saturated carbocycles. The van der Waals surface area contributed by atoms with Crippen LogP contribution in [0, 0.1) is 5.82 Å². The van der Waals surface area contributed by atoms with E-state index in [4.69, 9.17) is 5.73 Å². The number of pyridine rings is 1. The van der Waals surface area contributed by atoms with Gasteiger partial charge in [-0.2, -0.15) is 0 Å². The van der Waals surface area contributed by atoms with Crippen LogP contribution in [0.15, 0.2) is 12.3 Å². The van der Waals surface area contributed by atoms with Crippen LogP contribution in [0.4, 0.5) is 10.2 Å². The first-order chi connectivity index (χ1) is 9.04. The summed E-state index contributed by atoms with van der Waals surface area (Å²) >= 11 is 0. The molecule has 7 heteroatoms. The van der Waals surface area contributed by atoms with Crippen molar-refractivity contribution < 1.29 is 14.0 Å². The van der Waals surface area contributed by atoms with E-state index in [2.05, 4.69) is 15.6 Å². The molecule has 19 heavy (non-hydrogen) atoms. The molecule has 1 aromatic rings. The molecule has 0 saturated heterocycles. The van der Waals surface area contributed by atoms with Crippen LogP contribution in [0.1, 0.15) is 30.1 Å². The summed E-state index contributed by atoms with van der Waals surface area (Å²) in [5, 5.41) is 5.47. The average Bonchev–Trinajstić information content (AvgIpc) is 2.36. The fraction of sp³-hybridized carbons (Fsp3) is 0.417. The van der Waals surface area contributed by atoms with Crippen LogP contribution in [0.3, 0.4) is 0 Å². The van der Waals surface area contributed by atoms with Crippen molar-refractivity contribution in [2.75, 3.05) is 18.4 Å². The molecule has 0 radical (unpaired) electrons. The monoisotopic (exact) mass is 268 g/mol. The van der Waals surface area contributed by atoms with Crippen molar-refractivity contribution in [3.8, 4) is 0 Å². The summed E-state index contributed by atoms with van der Waals surface area (Å²) in [7, 11) is 0. The van der Waals surface area contributed by atoms with Gasteiger partial charge in [0.2, 0.25) is 5.91 Å². The van der Waals surface area contributed by atoms with Crippen LogP contribution < -0.4 is 16.4 Å². The normalized spacial score (nSPS) is 10.0. The van der Waals surface area contributed by atoms with Gasteiger partial charge in [-0.1, -0.05) is 0 Å². The third-order valence-corrected chi connectivity index (χ3v) is 2.33. The molecule has 1 rings (SSSR count). The first-order valence-electron chi connectivity index (χ1n) is 6.00. The number of hydrogen-bond donors (Lipinski definition) is 3.